The maximum Gasteiger partial charge on any atom is 0.267 e. The molecule has 2 heterocycles. The average molecular weight is 319 g/mol. The van der Waals surface area contributed by atoms with E-state index < -0.39 is 5.91 Å². The lowest BCUT2D eigenvalue weighted by Crippen LogP contribution is -2.34. The minimum Gasteiger partial charge on any atom is -0.351 e. The third-order valence-electron chi connectivity index (χ3n) is 3.44. The molecule has 0 fully saturated rings. The number of hydrogen-bond donors (Lipinski definition) is 1. The summed E-state index contributed by atoms with van der Waals surface area (Å²) in [6.07, 6.45) is 1.68. The van der Waals surface area contributed by atoms with E-state index in [1.807, 2.05) is 0 Å². The summed E-state index contributed by atoms with van der Waals surface area (Å²) < 4.78 is 15.0. The van der Waals surface area contributed by atoms with Crippen LogP contribution in [-0.2, 0) is 13.0 Å². The zero-order valence-electron chi connectivity index (χ0n) is 11.7. The number of benzene rings is 1. The Hall–Kier alpha value is -2.15. The Kier molecular flexibility index (Phi) is 4.24. The SMILES string of the molecule is O=C(NCCc1ccccc1F)c1cnc2n(c1=O)CCS2. The number of halogens is 1. The summed E-state index contributed by atoms with van der Waals surface area (Å²) in [6.45, 7) is 0.831. The van der Waals surface area contributed by atoms with Crippen LogP contribution in [-0.4, -0.2) is 27.8 Å². The average Bonchev–Trinajstić information content (AvgIpc) is 2.99. The molecule has 0 spiro atoms. The summed E-state index contributed by atoms with van der Waals surface area (Å²) in [5, 5.41) is 3.29. The lowest BCUT2D eigenvalue weighted by molar-refractivity contribution is 0.0951. The van der Waals surface area contributed by atoms with Crippen molar-refractivity contribution in [2.45, 2.75) is 18.1 Å². The summed E-state index contributed by atoms with van der Waals surface area (Å²) in [4.78, 5) is 28.4. The fraction of sp³-hybridized carbons (Fsp3) is 0.267. The molecule has 22 heavy (non-hydrogen) atoms. The number of rotatable bonds is 4. The molecular weight excluding hydrogens is 305 g/mol. The van der Waals surface area contributed by atoms with Gasteiger partial charge in [-0.15, -0.1) is 0 Å². The molecule has 1 aliphatic rings. The van der Waals surface area contributed by atoms with Crippen molar-refractivity contribution >= 4 is 17.7 Å². The highest BCUT2D eigenvalue weighted by Gasteiger charge is 2.19. The summed E-state index contributed by atoms with van der Waals surface area (Å²) in [6, 6.07) is 6.41. The Bertz CT molecular complexity index is 776. The molecule has 1 aromatic carbocycles. The molecule has 114 valence electrons. The topological polar surface area (TPSA) is 64.0 Å². The van der Waals surface area contributed by atoms with Crippen LogP contribution < -0.4 is 10.9 Å². The summed E-state index contributed by atoms with van der Waals surface area (Å²) in [5.41, 5.74) is 0.237. The highest BCUT2D eigenvalue weighted by Crippen LogP contribution is 2.20. The Balaban J connectivity index is 1.66. The standard InChI is InChI=1S/C15H14FN3O2S/c16-12-4-2-1-3-10(12)5-6-17-13(20)11-9-18-15-19(14(11)21)7-8-22-15/h1-4,9H,5-8H2,(H,17,20). The van der Waals surface area contributed by atoms with E-state index in [1.54, 1.807) is 18.2 Å². The van der Waals surface area contributed by atoms with Crippen molar-refractivity contribution in [2.24, 2.45) is 0 Å². The Morgan fingerprint density at radius 1 is 1.41 bits per heavy atom. The number of hydrogen-bond acceptors (Lipinski definition) is 4. The second-order valence-corrected chi connectivity index (χ2v) is 5.92. The molecule has 7 heteroatoms. The van der Waals surface area contributed by atoms with E-state index in [-0.39, 0.29) is 23.5 Å². The molecule has 2 aromatic rings. The highest BCUT2D eigenvalue weighted by atomic mass is 32.2. The zero-order valence-corrected chi connectivity index (χ0v) is 12.5. The summed E-state index contributed by atoms with van der Waals surface area (Å²) >= 11 is 1.50. The number of nitrogens with zero attached hydrogens (tertiary/aromatic N) is 2. The normalized spacial score (nSPS) is 13.0. The lowest BCUT2D eigenvalue weighted by Gasteiger charge is -2.07. The molecule has 0 saturated heterocycles. The van der Waals surface area contributed by atoms with Gasteiger partial charge in [0.05, 0.1) is 0 Å². The van der Waals surface area contributed by atoms with Gasteiger partial charge in [-0.05, 0) is 18.1 Å². The second-order valence-electron chi connectivity index (χ2n) is 4.86. The molecule has 1 aliphatic heterocycles. The van der Waals surface area contributed by atoms with E-state index in [9.17, 15) is 14.0 Å². The van der Waals surface area contributed by atoms with Crippen LogP contribution >= 0.6 is 11.8 Å². The zero-order chi connectivity index (χ0) is 15.5. The van der Waals surface area contributed by atoms with E-state index in [0.29, 0.717) is 23.7 Å². The fourth-order valence-electron chi connectivity index (χ4n) is 2.28. The van der Waals surface area contributed by atoms with E-state index >= 15 is 0 Å². The first-order valence-corrected chi connectivity index (χ1v) is 7.89. The van der Waals surface area contributed by atoms with Crippen molar-refractivity contribution in [3.8, 4) is 0 Å². The molecule has 0 bridgehead atoms. The van der Waals surface area contributed by atoms with Crippen molar-refractivity contribution in [3.63, 3.8) is 0 Å². The number of nitrogens with one attached hydrogen (secondary N) is 1. The van der Waals surface area contributed by atoms with Crippen LogP contribution in [0.15, 0.2) is 40.4 Å². The van der Waals surface area contributed by atoms with Gasteiger partial charge >= 0.3 is 0 Å². The second kappa shape index (κ2) is 6.31. The molecule has 0 radical (unpaired) electrons. The van der Waals surface area contributed by atoms with Crippen LogP contribution in [0.3, 0.4) is 0 Å². The predicted molar refractivity (Wildman–Crippen MR) is 81.7 cm³/mol. The van der Waals surface area contributed by atoms with E-state index in [0.717, 1.165) is 5.75 Å². The van der Waals surface area contributed by atoms with E-state index in [1.165, 1.54) is 28.6 Å². The third-order valence-corrected chi connectivity index (χ3v) is 4.41. The smallest absolute Gasteiger partial charge is 0.267 e. The van der Waals surface area contributed by atoms with Crippen molar-refractivity contribution in [1.82, 2.24) is 14.9 Å². The third kappa shape index (κ3) is 2.89. The number of aromatic nitrogens is 2. The van der Waals surface area contributed by atoms with Gasteiger partial charge in [0, 0.05) is 25.0 Å². The molecule has 0 atom stereocenters. The van der Waals surface area contributed by atoms with Gasteiger partial charge < -0.3 is 5.32 Å². The Morgan fingerprint density at radius 3 is 3.05 bits per heavy atom. The number of carbonyl (C=O) groups is 1. The van der Waals surface area contributed by atoms with Gasteiger partial charge in [-0.2, -0.15) is 0 Å². The molecule has 1 amide bonds. The number of amides is 1. The lowest BCUT2D eigenvalue weighted by atomic mass is 10.1. The van der Waals surface area contributed by atoms with Gasteiger partial charge in [0.25, 0.3) is 11.5 Å². The first-order chi connectivity index (χ1) is 10.7. The molecule has 1 N–H and O–H groups in total. The molecule has 1 aromatic heterocycles. The van der Waals surface area contributed by atoms with Crippen LogP contribution in [0.4, 0.5) is 4.39 Å². The van der Waals surface area contributed by atoms with Crippen molar-refractivity contribution in [3.05, 3.63) is 57.8 Å². The minimum absolute atomic E-state index is 0.0276. The van der Waals surface area contributed by atoms with Crippen LogP contribution in [0, 0.1) is 5.82 Å². The van der Waals surface area contributed by atoms with Gasteiger partial charge in [-0.25, -0.2) is 9.37 Å². The first kappa shape index (κ1) is 14.8. The molecule has 5 nitrogen and oxygen atoms in total. The minimum atomic E-state index is -0.471. The van der Waals surface area contributed by atoms with Crippen molar-refractivity contribution in [1.29, 1.82) is 0 Å². The Morgan fingerprint density at radius 2 is 2.23 bits per heavy atom. The Labute approximate surface area is 130 Å². The fourth-order valence-corrected chi connectivity index (χ4v) is 3.19. The van der Waals surface area contributed by atoms with Crippen LogP contribution in [0.5, 0.6) is 0 Å². The predicted octanol–water partition coefficient (Wildman–Crippen LogP) is 1.46. The van der Waals surface area contributed by atoms with Crippen LogP contribution in [0.2, 0.25) is 0 Å². The first-order valence-electron chi connectivity index (χ1n) is 6.91. The molecule has 0 unspecified atom stereocenters. The van der Waals surface area contributed by atoms with Gasteiger partial charge in [-0.1, -0.05) is 30.0 Å². The quantitative estimate of drug-likeness (QED) is 0.867. The van der Waals surface area contributed by atoms with E-state index in [2.05, 4.69) is 10.3 Å². The number of fused-ring (bicyclic) bond motifs is 1. The molecule has 0 saturated carbocycles. The maximum atomic E-state index is 13.5. The number of carbonyl (C=O) groups excluding carboxylic acids is 1. The van der Waals surface area contributed by atoms with Crippen LogP contribution in [0.1, 0.15) is 15.9 Å². The molecule has 0 aliphatic carbocycles. The van der Waals surface area contributed by atoms with Crippen molar-refractivity contribution in [2.75, 3.05) is 12.3 Å². The number of thioether (sulfide) groups is 1. The van der Waals surface area contributed by atoms with Crippen LogP contribution in [0.25, 0.3) is 0 Å². The van der Waals surface area contributed by atoms with Gasteiger partial charge in [0.15, 0.2) is 5.16 Å². The largest absolute Gasteiger partial charge is 0.351 e. The van der Waals surface area contributed by atoms with E-state index in [4.69, 9.17) is 0 Å². The highest BCUT2D eigenvalue weighted by molar-refractivity contribution is 7.99. The molecule has 3 rings (SSSR count). The van der Waals surface area contributed by atoms with Crippen molar-refractivity contribution < 1.29 is 9.18 Å². The van der Waals surface area contributed by atoms with Gasteiger partial charge in [0.1, 0.15) is 11.4 Å². The summed E-state index contributed by atoms with van der Waals surface area (Å²) in [5.74, 6) is 0.0229. The van der Waals surface area contributed by atoms with Gasteiger partial charge in [-0.3, -0.25) is 14.2 Å². The maximum absolute atomic E-state index is 13.5. The van der Waals surface area contributed by atoms with Gasteiger partial charge in [0.2, 0.25) is 0 Å². The molecular formula is C15H14FN3O2S. The summed E-state index contributed by atoms with van der Waals surface area (Å²) in [7, 11) is 0. The monoisotopic (exact) mass is 319 g/mol.